The zero-order valence-electron chi connectivity index (χ0n) is 11.9. The zero-order valence-corrected chi connectivity index (χ0v) is 12.6. The second-order valence-corrected chi connectivity index (χ2v) is 5.83. The maximum atomic E-state index is 11.6. The first-order chi connectivity index (χ1) is 9.10. The van der Waals surface area contributed by atoms with Gasteiger partial charge in [-0.1, -0.05) is 17.7 Å². The number of hydrogen-bond donors (Lipinski definition) is 2. The quantitative estimate of drug-likeness (QED) is 0.888. The molecule has 1 atom stereocenters. The Kier molecular flexibility index (Phi) is 5.00. The maximum Gasteiger partial charge on any atom is 0.412 e. The smallest absolute Gasteiger partial charge is 0.412 e. The number of carboxylic acid groups (broad SMARTS) is 1. The number of hydrogen-bond acceptors (Lipinski definition) is 3. The summed E-state index contributed by atoms with van der Waals surface area (Å²) in [5.74, 6) is -1.60. The number of rotatable bonds is 3. The highest BCUT2D eigenvalue weighted by molar-refractivity contribution is 6.33. The van der Waals surface area contributed by atoms with Crippen molar-refractivity contribution in [2.45, 2.75) is 39.2 Å². The highest BCUT2D eigenvalue weighted by Crippen LogP contribution is 2.27. The SMILES string of the molecule is CC(C(=O)O)c1ccc(NC(=O)OC(C)(C)C)c(Cl)c1. The van der Waals surface area contributed by atoms with E-state index in [2.05, 4.69) is 5.32 Å². The first kappa shape index (κ1) is 16.3. The molecule has 1 amide bonds. The first-order valence-corrected chi connectivity index (χ1v) is 6.50. The minimum Gasteiger partial charge on any atom is -0.481 e. The summed E-state index contributed by atoms with van der Waals surface area (Å²) in [5, 5.41) is 11.7. The number of carbonyl (C=O) groups is 2. The zero-order chi connectivity index (χ0) is 15.5. The second kappa shape index (κ2) is 6.13. The molecule has 20 heavy (non-hydrogen) atoms. The fraction of sp³-hybridized carbons (Fsp3) is 0.429. The molecule has 0 saturated carbocycles. The Morgan fingerprint density at radius 2 is 1.95 bits per heavy atom. The van der Waals surface area contributed by atoms with E-state index < -0.39 is 23.6 Å². The molecule has 0 fully saturated rings. The normalized spacial score (nSPS) is 12.7. The van der Waals surface area contributed by atoms with Crippen molar-refractivity contribution >= 4 is 29.4 Å². The van der Waals surface area contributed by atoms with Crippen LogP contribution in [0.3, 0.4) is 0 Å². The molecule has 0 heterocycles. The number of nitrogens with one attached hydrogen (secondary N) is 1. The topological polar surface area (TPSA) is 75.6 Å². The van der Waals surface area contributed by atoms with Crippen molar-refractivity contribution in [2.75, 3.05) is 5.32 Å². The van der Waals surface area contributed by atoms with Gasteiger partial charge in [0.1, 0.15) is 5.60 Å². The third-order valence-corrected chi connectivity index (χ3v) is 2.81. The molecular formula is C14H18ClNO4. The van der Waals surface area contributed by atoms with Gasteiger partial charge in [-0.25, -0.2) is 4.79 Å². The Bertz CT molecular complexity index is 522. The Hall–Kier alpha value is -1.75. The van der Waals surface area contributed by atoms with Crippen LogP contribution in [0.1, 0.15) is 39.2 Å². The molecule has 1 rings (SSSR count). The molecule has 0 radical (unpaired) electrons. The number of benzene rings is 1. The summed E-state index contributed by atoms with van der Waals surface area (Å²) in [6.45, 7) is 6.83. The average molecular weight is 300 g/mol. The third kappa shape index (κ3) is 4.74. The van der Waals surface area contributed by atoms with Crippen molar-refractivity contribution in [1.29, 1.82) is 0 Å². The monoisotopic (exact) mass is 299 g/mol. The number of aliphatic carboxylic acids is 1. The first-order valence-electron chi connectivity index (χ1n) is 6.12. The van der Waals surface area contributed by atoms with Gasteiger partial charge in [0.15, 0.2) is 0 Å². The van der Waals surface area contributed by atoms with Crippen molar-refractivity contribution in [3.05, 3.63) is 28.8 Å². The summed E-state index contributed by atoms with van der Waals surface area (Å²) in [5.41, 5.74) is 0.341. The van der Waals surface area contributed by atoms with Crippen LogP contribution in [-0.4, -0.2) is 22.8 Å². The van der Waals surface area contributed by atoms with Crippen LogP contribution in [0.25, 0.3) is 0 Å². The summed E-state index contributed by atoms with van der Waals surface area (Å²) < 4.78 is 5.11. The molecule has 0 aromatic heterocycles. The molecule has 0 saturated heterocycles. The molecule has 0 spiro atoms. The number of halogens is 1. The van der Waals surface area contributed by atoms with E-state index >= 15 is 0 Å². The van der Waals surface area contributed by atoms with E-state index in [-0.39, 0.29) is 5.02 Å². The molecular weight excluding hydrogens is 282 g/mol. The Balaban J connectivity index is 2.84. The van der Waals surface area contributed by atoms with Gasteiger partial charge in [0.2, 0.25) is 0 Å². The second-order valence-electron chi connectivity index (χ2n) is 5.43. The maximum absolute atomic E-state index is 11.6. The van der Waals surface area contributed by atoms with Gasteiger partial charge in [0.05, 0.1) is 16.6 Å². The van der Waals surface area contributed by atoms with Gasteiger partial charge in [-0.05, 0) is 45.4 Å². The molecule has 2 N–H and O–H groups in total. The van der Waals surface area contributed by atoms with Crippen LogP contribution < -0.4 is 5.32 Å². The van der Waals surface area contributed by atoms with Gasteiger partial charge >= 0.3 is 12.1 Å². The summed E-state index contributed by atoms with van der Waals surface area (Å²) in [4.78, 5) is 22.5. The van der Waals surface area contributed by atoms with Crippen LogP contribution in [-0.2, 0) is 9.53 Å². The molecule has 0 bridgehead atoms. The van der Waals surface area contributed by atoms with Crippen LogP contribution in [0, 0.1) is 0 Å². The molecule has 110 valence electrons. The molecule has 6 heteroatoms. The Morgan fingerprint density at radius 3 is 2.40 bits per heavy atom. The number of carbonyl (C=O) groups excluding carboxylic acids is 1. The minimum absolute atomic E-state index is 0.265. The summed E-state index contributed by atoms with van der Waals surface area (Å²) >= 11 is 6.03. The minimum atomic E-state index is -0.936. The molecule has 0 aliphatic rings. The van der Waals surface area contributed by atoms with Crippen molar-refractivity contribution in [3.63, 3.8) is 0 Å². The molecule has 1 unspecified atom stereocenters. The van der Waals surface area contributed by atoms with E-state index in [1.54, 1.807) is 39.8 Å². The lowest BCUT2D eigenvalue weighted by Crippen LogP contribution is -2.27. The Labute approximate surface area is 122 Å². The predicted molar refractivity (Wildman–Crippen MR) is 77.4 cm³/mol. The lowest BCUT2D eigenvalue weighted by Gasteiger charge is -2.20. The fourth-order valence-electron chi connectivity index (χ4n) is 1.46. The van der Waals surface area contributed by atoms with Gasteiger partial charge in [-0.2, -0.15) is 0 Å². The molecule has 5 nitrogen and oxygen atoms in total. The largest absolute Gasteiger partial charge is 0.481 e. The highest BCUT2D eigenvalue weighted by atomic mass is 35.5. The van der Waals surface area contributed by atoms with Crippen LogP contribution in [0.15, 0.2) is 18.2 Å². The van der Waals surface area contributed by atoms with E-state index in [0.717, 1.165) is 0 Å². The lowest BCUT2D eigenvalue weighted by atomic mass is 10.0. The van der Waals surface area contributed by atoms with Crippen LogP contribution in [0.4, 0.5) is 10.5 Å². The van der Waals surface area contributed by atoms with Crippen molar-refractivity contribution in [3.8, 4) is 0 Å². The van der Waals surface area contributed by atoms with E-state index in [4.69, 9.17) is 21.4 Å². The Morgan fingerprint density at radius 1 is 1.35 bits per heavy atom. The highest BCUT2D eigenvalue weighted by Gasteiger charge is 2.18. The van der Waals surface area contributed by atoms with Crippen LogP contribution in [0.5, 0.6) is 0 Å². The fourth-order valence-corrected chi connectivity index (χ4v) is 1.69. The summed E-state index contributed by atoms with van der Waals surface area (Å²) in [6, 6.07) is 4.69. The molecule has 1 aromatic carbocycles. The van der Waals surface area contributed by atoms with Crippen molar-refractivity contribution < 1.29 is 19.4 Å². The van der Waals surface area contributed by atoms with Gasteiger partial charge in [0, 0.05) is 0 Å². The van der Waals surface area contributed by atoms with E-state index in [1.165, 1.54) is 6.07 Å². The summed E-state index contributed by atoms with van der Waals surface area (Å²) in [6.07, 6.45) is -0.613. The molecule has 1 aromatic rings. The number of ether oxygens (including phenoxy) is 1. The lowest BCUT2D eigenvalue weighted by molar-refractivity contribution is -0.138. The van der Waals surface area contributed by atoms with E-state index in [0.29, 0.717) is 11.3 Å². The van der Waals surface area contributed by atoms with E-state index in [1.807, 2.05) is 0 Å². The van der Waals surface area contributed by atoms with Crippen LogP contribution in [0.2, 0.25) is 5.02 Å². The van der Waals surface area contributed by atoms with Gasteiger partial charge in [-0.3, -0.25) is 10.1 Å². The van der Waals surface area contributed by atoms with Crippen molar-refractivity contribution in [1.82, 2.24) is 0 Å². The molecule has 0 aliphatic heterocycles. The van der Waals surface area contributed by atoms with Gasteiger partial charge in [-0.15, -0.1) is 0 Å². The van der Waals surface area contributed by atoms with Gasteiger partial charge < -0.3 is 9.84 Å². The molecule has 0 aliphatic carbocycles. The van der Waals surface area contributed by atoms with Gasteiger partial charge in [0.25, 0.3) is 0 Å². The average Bonchev–Trinajstić information content (AvgIpc) is 2.28. The van der Waals surface area contributed by atoms with Crippen LogP contribution >= 0.6 is 11.6 Å². The number of carboxylic acids is 1. The standard InChI is InChI=1S/C14H18ClNO4/c1-8(12(17)18)9-5-6-11(10(15)7-9)16-13(19)20-14(2,3)4/h5-8H,1-4H3,(H,16,19)(H,17,18). The third-order valence-electron chi connectivity index (χ3n) is 2.50. The number of amides is 1. The summed E-state index contributed by atoms with van der Waals surface area (Å²) in [7, 11) is 0. The van der Waals surface area contributed by atoms with E-state index in [9.17, 15) is 9.59 Å². The number of anilines is 1. The predicted octanol–water partition coefficient (Wildman–Crippen LogP) is 3.88. The van der Waals surface area contributed by atoms with Crippen molar-refractivity contribution in [2.24, 2.45) is 0 Å².